The van der Waals surface area contributed by atoms with E-state index in [4.69, 9.17) is 16.4 Å². The van der Waals surface area contributed by atoms with Crippen molar-refractivity contribution in [2.75, 3.05) is 0 Å². The number of rotatable bonds is 0. The van der Waals surface area contributed by atoms with Gasteiger partial charge in [-0.3, -0.25) is 5.32 Å². The molecule has 1 aromatic carbocycles. The van der Waals surface area contributed by atoms with Gasteiger partial charge in [-0.15, -0.1) is 0 Å². The lowest BCUT2D eigenvalue weighted by molar-refractivity contribution is 0.319. The van der Waals surface area contributed by atoms with Gasteiger partial charge < -0.3 is 0 Å². The quantitative estimate of drug-likeness (QED) is 0.617. The van der Waals surface area contributed by atoms with Crippen molar-refractivity contribution in [2.24, 2.45) is 0 Å². The molecule has 0 saturated heterocycles. The van der Waals surface area contributed by atoms with Crippen molar-refractivity contribution >= 4 is 0 Å². The maximum absolute atomic E-state index is 7.79. The summed E-state index contributed by atoms with van der Waals surface area (Å²) in [5, 5.41) is 2.09. The Balaban J connectivity index is 3.02. The van der Waals surface area contributed by atoms with Crippen LogP contribution < -0.4 is 5.32 Å². The highest BCUT2D eigenvalue weighted by atomic mass is 15.7. The standard InChI is InChI=1S/C12H17N/c1-11(2)9-7-5-6-8-10(9)12(3,4)13-11/h5-8,13H,1-4H3/i1D3,2D3,3D3,4D3,13+1. The van der Waals surface area contributed by atoms with Crippen LogP contribution in [0, 0.1) is 0 Å². The Kier molecular flexibility index (Phi) is 0.435. The van der Waals surface area contributed by atoms with Gasteiger partial charge in [-0.1, -0.05) is 24.3 Å². The summed E-state index contributed by atoms with van der Waals surface area (Å²) in [6.45, 7) is -12.9. The third-order valence-electron chi connectivity index (χ3n) is 2.11. The fraction of sp³-hybridized carbons (Fsp3) is 0.500. The molecule has 70 valence electrons. The Morgan fingerprint density at radius 3 is 1.85 bits per heavy atom. The van der Waals surface area contributed by atoms with Gasteiger partial charge in [0.25, 0.3) is 0 Å². The van der Waals surface area contributed by atoms with E-state index in [2.05, 4.69) is 5.32 Å². The second kappa shape index (κ2) is 2.36. The highest BCUT2D eigenvalue weighted by Crippen LogP contribution is 2.39. The molecule has 0 radical (unpaired) electrons. The van der Waals surface area contributed by atoms with Gasteiger partial charge in [-0.25, -0.2) is 0 Å². The van der Waals surface area contributed by atoms with Crippen LogP contribution in [0.5, 0.6) is 0 Å². The zero-order chi connectivity index (χ0) is 19.7. The SMILES string of the molecule is [2H]C([2H])([2H])C1(C([2H])([2H])[2H])[15NH]C(C([2H])([2H])[2H])(C([2H])([2H])[2H])c2ccccc21. The topological polar surface area (TPSA) is 12.0 Å². The van der Waals surface area contributed by atoms with Crippen LogP contribution in [-0.4, -0.2) is 0 Å². The molecule has 0 amide bonds. The summed E-state index contributed by atoms with van der Waals surface area (Å²) in [7, 11) is 0. The van der Waals surface area contributed by atoms with Crippen molar-refractivity contribution in [2.45, 2.75) is 38.5 Å². The fourth-order valence-corrected chi connectivity index (χ4v) is 1.55. The maximum Gasteiger partial charge on any atom is 0.0388 e. The molecule has 0 bridgehead atoms. The van der Waals surface area contributed by atoms with Crippen LogP contribution in [0.3, 0.4) is 0 Å². The van der Waals surface area contributed by atoms with E-state index in [1.165, 1.54) is 12.1 Å². The summed E-state index contributed by atoms with van der Waals surface area (Å²) < 4.78 is 93.5. The zero-order valence-corrected chi connectivity index (χ0v) is 6.81. The minimum absolute atomic E-state index is 0.359. The summed E-state index contributed by atoms with van der Waals surface area (Å²) >= 11 is 0. The predicted octanol–water partition coefficient (Wildman–Crippen LogP) is 2.76. The molecule has 0 aliphatic carbocycles. The Morgan fingerprint density at radius 2 is 1.46 bits per heavy atom. The van der Waals surface area contributed by atoms with E-state index in [0.717, 1.165) is 12.1 Å². The molecular formula is C12H17N. The number of hydrogen-bond acceptors (Lipinski definition) is 1. The molecule has 13 heavy (non-hydrogen) atoms. The molecule has 1 nitrogen and oxygen atoms in total. The first-order chi connectivity index (χ1) is 10.9. The summed E-state index contributed by atoms with van der Waals surface area (Å²) in [6.07, 6.45) is 0. The smallest absolute Gasteiger partial charge is 0.0388 e. The third-order valence-corrected chi connectivity index (χ3v) is 2.11. The molecule has 0 atom stereocenters. The van der Waals surface area contributed by atoms with Crippen molar-refractivity contribution in [3.8, 4) is 0 Å². The van der Waals surface area contributed by atoms with Crippen LogP contribution in [0.4, 0.5) is 0 Å². The second-order valence-corrected chi connectivity index (χ2v) is 3.17. The van der Waals surface area contributed by atoms with Gasteiger partial charge in [0, 0.05) is 27.5 Å². The Labute approximate surface area is 97.0 Å². The highest BCUT2D eigenvalue weighted by molar-refractivity contribution is 5.42. The van der Waals surface area contributed by atoms with Crippen molar-refractivity contribution in [3.05, 3.63) is 35.4 Å². The molecule has 1 aromatic rings. The van der Waals surface area contributed by atoms with Crippen LogP contribution in [0.1, 0.15) is 55.0 Å². The molecular weight excluding hydrogens is 159 g/mol. The van der Waals surface area contributed by atoms with E-state index >= 15 is 0 Å². The van der Waals surface area contributed by atoms with Gasteiger partial charge in [0.05, 0.1) is 0 Å². The van der Waals surface area contributed by atoms with Gasteiger partial charge in [0.2, 0.25) is 0 Å². The Hall–Kier alpha value is -0.820. The first-order valence-corrected chi connectivity index (χ1v) is 3.83. The lowest BCUT2D eigenvalue weighted by atomic mass is 9.91. The van der Waals surface area contributed by atoms with E-state index < -0.39 is 38.5 Å². The molecule has 0 fully saturated rings. The van der Waals surface area contributed by atoms with Gasteiger partial charge in [-0.05, 0) is 38.5 Å². The molecule has 1 aliphatic heterocycles. The van der Waals surface area contributed by atoms with Crippen LogP contribution in [0.15, 0.2) is 24.3 Å². The minimum Gasteiger partial charge on any atom is -0.299 e. The summed E-state index contributed by atoms with van der Waals surface area (Å²) in [4.78, 5) is 0. The fourth-order valence-electron chi connectivity index (χ4n) is 1.55. The van der Waals surface area contributed by atoms with E-state index in [1.807, 2.05) is 0 Å². The molecule has 0 aromatic heterocycles. The van der Waals surface area contributed by atoms with Crippen molar-refractivity contribution in [1.29, 1.82) is 0 Å². The largest absolute Gasteiger partial charge is 0.299 e. The minimum atomic E-state index is -3.23. The maximum atomic E-state index is 7.79. The summed E-state index contributed by atoms with van der Waals surface area (Å²) in [5.74, 6) is 0. The van der Waals surface area contributed by atoms with E-state index in [1.54, 1.807) is 0 Å². The first-order valence-electron chi connectivity index (χ1n) is 9.83. The van der Waals surface area contributed by atoms with Crippen molar-refractivity contribution in [1.82, 2.24) is 5.32 Å². The zero-order valence-electron chi connectivity index (χ0n) is 18.8. The lowest BCUT2D eigenvalue weighted by Crippen LogP contribution is -2.39. The molecule has 0 saturated carbocycles. The molecule has 1 aliphatic rings. The van der Waals surface area contributed by atoms with Crippen LogP contribution in [0.2, 0.25) is 0 Å². The van der Waals surface area contributed by atoms with Crippen molar-refractivity contribution in [3.63, 3.8) is 0 Å². The molecule has 0 unspecified atom stereocenters. The third kappa shape index (κ3) is 1.19. The molecule has 1 N–H and O–H groups in total. The number of nitrogens with one attached hydrogen (secondary N) is 1. The Bertz CT molecular complexity index is 577. The van der Waals surface area contributed by atoms with Crippen LogP contribution >= 0.6 is 0 Å². The predicted molar refractivity (Wildman–Crippen MR) is 55.6 cm³/mol. The first kappa shape index (κ1) is 2.40. The van der Waals surface area contributed by atoms with Gasteiger partial charge in [-0.2, -0.15) is 0 Å². The van der Waals surface area contributed by atoms with Gasteiger partial charge >= 0.3 is 0 Å². The monoisotopic (exact) mass is 188 g/mol. The molecule has 0 spiro atoms. The summed E-state index contributed by atoms with van der Waals surface area (Å²) in [5.41, 5.74) is -6.36. The average molecular weight is 188 g/mol. The Morgan fingerprint density at radius 1 is 1.00 bits per heavy atom. The average Bonchev–Trinajstić information content (AvgIpc) is 2.69. The molecule has 1 heterocycles. The van der Waals surface area contributed by atoms with E-state index in [9.17, 15) is 0 Å². The van der Waals surface area contributed by atoms with Crippen molar-refractivity contribution < 1.29 is 16.4 Å². The number of fused-ring (bicyclic) bond motifs is 1. The van der Waals surface area contributed by atoms with E-state index in [0.29, 0.717) is 0 Å². The van der Waals surface area contributed by atoms with Crippen LogP contribution in [-0.2, 0) is 11.1 Å². The highest BCUT2D eigenvalue weighted by Gasteiger charge is 2.40. The van der Waals surface area contributed by atoms with Gasteiger partial charge in [0.1, 0.15) is 0 Å². The normalized spacial score (nSPS) is 40.3. The van der Waals surface area contributed by atoms with E-state index in [-0.39, 0.29) is 11.1 Å². The lowest BCUT2D eigenvalue weighted by Gasteiger charge is -2.25. The van der Waals surface area contributed by atoms with Crippen LogP contribution in [0.25, 0.3) is 0 Å². The molecule has 1 heteroatoms. The second-order valence-electron chi connectivity index (χ2n) is 3.17. The molecule has 2 rings (SSSR count). The summed E-state index contributed by atoms with van der Waals surface area (Å²) in [6, 6.07) is 5.00. The number of hydrogen-bond donors (Lipinski definition) is 1. The van der Waals surface area contributed by atoms with Gasteiger partial charge in [0.15, 0.2) is 0 Å². The number of benzene rings is 1.